The van der Waals surface area contributed by atoms with Gasteiger partial charge in [0, 0.05) is 16.8 Å². The number of rotatable bonds is 3. The summed E-state index contributed by atoms with van der Waals surface area (Å²) in [5, 5.41) is 14.5. The van der Waals surface area contributed by atoms with Crippen LogP contribution in [0.4, 0.5) is 18.9 Å². The average Bonchev–Trinajstić information content (AvgIpc) is 3.27. The molecule has 2 heterocycles. The lowest BCUT2D eigenvalue weighted by atomic mass is 10.2. The largest absolute Gasteiger partial charge is 0.416 e. The summed E-state index contributed by atoms with van der Waals surface area (Å²) in [6.07, 6.45) is -2.82. The lowest BCUT2D eigenvalue weighted by Crippen LogP contribution is -2.13. The number of aromatic nitrogens is 4. The molecular formula is C19H14F3N5O. The minimum absolute atomic E-state index is 0.0993. The van der Waals surface area contributed by atoms with E-state index < -0.39 is 17.6 Å². The molecule has 0 unspecified atom stereocenters. The number of carbonyl (C=O) groups is 1. The number of nitrogens with zero attached hydrogens (tertiary/aromatic N) is 3. The molecule has 0 radical (unpaired) electrons. The summed E-state index contributed by atoms with van der Waals surface area (Å²) >= 11 is 0. The Morgan fingerprint density at radius 3 is 2.75 bits per heavy atom. The van der Waals surface area contributed by atoms with Gasteiger partial charge in [-0.2, -0.15) is 23.4 Å². The fourth-order valence-electron chi connectivity index (χ4n) is 2.88. The topological polar surface area (TPSA) is 75.6 Å². The van der Waals surface area contributed by atoms with E-state index in [2.05, 4.69) is 20.6 Å². The molecule has 0 aliphatic heterocycles. The summed E-state index contributed by atoms with van der Waals surface area (Å²) < 4.78 is 40.2. The van der Waals surface area contributed by atoms with Gasteiger partial charge in [0.2, 0.25) is 0 Å². The number of aryl methyl sites for hydroxylation is 1. The lowest BCUT2D eigenvalue weighted by Gasteiger charge is -2.09. The van der Waals surface area contributed by atoms with Crippen molar-refractivity contribution in [2.24, 2.45) is 0 Å². The summed E-state index contributed by atoms with van der Waals surface area (Å²) in [7, 11) is 0. The van der Waals surface area contributed by atoms with Crippen molar-refractivity contribution >= 4 is 22.5 Å². The molecule has 0 saturated heterocycles. The number of aromatic amines is 1. The second-order valence-corrected chi connectivity index (χ2v) is 6.26. The minimum atomic E-state index is -4.46. The van der Waals surface area contributed by atoms with Crippen LogP contribution in [0.15, 0.2) is 54.7 Å². The third-order valence-corrected chi connectivity index (χ3v) is 4.24. The van der Waals surface area contributed by atoms with Gasteiger partial charge in [0.25, 0.3) is 5.91 Å². The Morgan fingerprint density at radius 2 is 1.96 bits per heavy atom. The van der Waals surface area contributed by atoms with Crippen molar-refractivity contribution in [3.8, 4) is 5.69 Å². The van der Waals surface area contributed by atoms with Crippen LogP contribution in [0.2, 0.25) is 0 Å². The Bertz CT molecular complexity index is 1180. The van der Waals surface area contributed by atoms with E-state index in [-0.39, 0.29) is 11.4 Å². The fraction of sp³-hybridized carbons (Fsp3) is 0.105. The first-order valence-corrected chi connectivity index (χ1v) is 8.30. The molecule has 9 heteroatoms. The molecular weight excluding hydrogens is 371 g/mol. The van der Waals surface area contributed by atoms with Crippen molar-refractivity contribution in [3.05, 3.63) is 71.7 Å². The number of hydrogen-bond donors (Lipinski definition) is 2. The van der Waals surface area contributed by atoms with Crippen molar-refractivity contribution in [2.45, 2.75) is 13.1 Å². The van der Waals surface area contributed by atoms with E-state index in [0.717, 1.165) is 23.0 Å². The molecule has 4 aromatic rings. The molecule has 0 spiro atoms. The Labute approximate surface area is 157 Å². The number of H-pyrrole nitrogens is 1. The number of alkyl halides is 3. The molecule has 0 saturated carbocycles. The summed E-state index contributed by atoms with van der Waals surface area (Å²) in [5.41, 5.74) is 1.48. The standard InChI is InChI=1S/C19H14F3N5O/c1-11-7-17(18(28)24-14-5-6-16-12(8-14)10-23-25-16)26-27(11)15-4-2-3-13(9-15)19(20,21)22/h2-10H,1H3,(H,23,25)(H,24,28). The number of nitrogens with one attached hydrogen (secondary N) is 2. The molecule has 0 bridgehead atoms. The number of fused-ring (bicyclic) bond motifs is 1. The summed E-state index contributed by atoms with van der Waals surface area (Å²) in [5.74, 6) is -0.461. The van der Waals surface area contributed by atoms with E-state index >= 15 is 0 Å². The highest BCUT2D eigenvalue weighted by Gasteiger charge is 2.30. The third-order valence-electron chi connectivity index (χ3n) is 4.24. The van der Waals surface area contributed by atoms with Crippen molar-refractivity contribution in [2.75, 3.05) is 5.32 Å². The number of carbonyl (C=O) groups excluding carboxylic acids is 1. The van der Waals surface area contributed by atoms with Gasteiger partial charge in [0.1, 0.15) is 0 Å². The first kappa shape index (κ1) is 17.8. The van der Waals surface area contributed by atoms with Gasteiger partial charge >= 0.3 is 6.18 Å². The average molecular weight is 385 g/mol. The fourth-order valence-corrected chi connectivity index (χ4v) is 2.88. The molecule has 142 valence electrons. The molecule has 4 rings (SSSR count). The molecule has 1 amide bonds. The van der Waals surface area contributed by atoms with Crippen LogP contribution in [0.1, 0.15) is 21.7 Å². The summed E-state index contributed by atoms with van der Waals surface area (Å²) in [6, 6.07) is 11.6. The highest BCUT2D eigenvalue weighted by molar-refractivity contribution is 6.03. The van der Waals surface area contributed by atoms with Crippen LogP contribution in [0.25, 0.3) is 16.6 Å². The number of amides is 1. The van der Waals surface area contributed by atoms with Gasteiger partial charge in [-0.3, -0.25) is 9.89 Å². The highest BCUT2D eigenvalue weighted by atomic mass is 19.4. The molecule has 0 aliphatic carbocycles. The van der Waals surface area contributed by atoms with Crippen molar-refractivity contribution < 1.29 is 18.0 Å². The zero-order chi connectivity index (χ0) is 19.9. The molecule has 2 aromatic carbocycles. The SMILES string of the molecule is Cc1cc(C(=O)Nc2ccc3[nH]ncc3c2)nn1-c1cccc(C(F)(F)F)c1. The van der Waals surface area contributed by atoms with Gasteiger partial charge in [0.05, 0.1) is 23.0 Å². The Balaban J connectivity index is 1.61. The second kappa shape index (κ2) is 6.52. The maximum absolute atomic E-state index is 12.9. The van der Waals surface area contributed by atoms with Crippen LogP contribution in [-0.2, 0) is 6.18 Å². The van der Waals surface area contributed by atoms with Gasteiger partial charge < -0.3 is 5.32 Å². The van der Waals surface area contributed by atoms with Gasteiger partial charge in [-0.25, -0.2) is 4.68 Å². The van der Waals surface area contributed by atoms with Crippen LogP contribution in [-0.4, -0.2) is 25.9 Å². The van der Waals surface area contributed by atoms with Crippen LogP contribution in [0, 0.1) is 6.92 Å². The Hall–Kier alpha value is -3.62. The van der Waals surface area contributed by atoms with Gasteiger partial charge in [-0.05, 0) is 49.4 Å². The second-order valence-electron chi connectivity index (χ2n) is 6.26. The van der Waals surface area contributed by atoms with E-state index in [1.807, 2.05) is 0 Å². The molecule has 28 heavy (non-hydrogen) atoms. The summed E-state index contributed by atoms with van der Waals surface area (Å²) in [4.78, 5) is 12.5. The Morgan fingerprint density at radius 1 is 1.14 bits per heavy atom. The Kier molecular flexibility index (Phi) is 4.14. The molecule has 2 aromatic heterocycles. The van der Waals surface area contributed by atoms with Crippen molar-refractivity contribution in [1.82, 2.24) is 20.0 Å². The monoisotopic (exact) mass is 385 g/mol. The van der Waals surface area contributed by atoms with E-state index in [4.69, 9.17) is 0 Å². The smallest absolute Gasteiger partial charge is 0.321 e. The van der Waals surface area contributed by atoms with Crippen LogP contribution >= 0.6 is 0 Å². The highest BCUT2D eigenvalue weighted by Crippen LogP contribution is 2.30. The predicted molar refractivity (Wildman–Crippen MR) is 97.3 cm³/mol. The number of hydrogen-bond acceptors (Lipinski definition) is 3. The van der Waals surface area contributed by atoms with Crippen molar-refractivity contribution in [1.29, 1.82) is 0 Å². The molecule has 0 aliphatic rings. The summed E-state index contributed by atoms with van der Waals surface area (Å²) in [6.45, 7) is 1.67. The maximum atomic E-state index is 12.9. The van der Waals surface area contributed by atoms with E-state index in [1.54, 1.807) is 31.3 Å². The number of anilines is 1. The van der Waals surface area contributed by atoms with E-state index in [9.17, 15) is 18.0 Å². The first-order chi connectivity index (χ1) is 13.3. The van der Waals surface area contributed by atoms with Crippen LogP contribution in [0.5, 0.6) is 0 Å². The molecule has 2 N–H and O–H groups in total. The predicted octanol–water partition coefficient (Wildman–Crippen LogP) is 4.33. The quantitative estimate of drug-likeness (QED) is 0.551. The normalized spacial score (nSPS) is 11.7. The number of halogens is 3. The van der Waals surface area contributed by atoms with Gasteiger partial charge in [-0.15, -0.1) is 0 Å². The van der Waals surface area contributed by atoms with E-state index in [1.165, 1.54) is 22.9 Å². The van der Waals surface area contributed by atoms with Gasteiger partial charge in [0.15, 0.2) is 5.69 Å². The van der Waals surface area contributed by atoms with Crippen molar-refractivity contribution in [3.63, 3.8) is 0 Å². The molecule has 0 atom stereocenters. The zero-order valence-corrected chi connectivity index (χ0v) is 14.6. The zero-order valence-electron chi connectivity index (χ0n) is 14.6. The minimum Gasteiger partial charge on any atom is -0.321 e. The lowest BCUT2D eigenvalue weighted by molar-refractivity contribution is -0.137. The van der Waals surface area contributed by atoms with E-state index in [0.29, 0.717) is 11.4 Å². The van der Waals surface area contributed by atoms with Crippen LogP contribution < -0.4 is 5.32 Å². The molecule has 0 fully saturated rings. The van der Waals surface area contributed by atoms with Gasteiger partial charge in [-0.1, -0.05) is 6.07 Å². The first-order valence-electron chi connectivity index (χ1n) is 8.30. The number of benzene rings is 2. The third kappa shape index (κ3) is 3.34. The maximum Gasteiger partial charge on any atom is 0.416 e. The van der Waals surface area contributed by atoms with Crippen LogP contribution in [0.3, 0.4) is 0 Å². The molecule has 6 nitrogen and oxygen atoms in total.